The molecule has 0 aromatic heterocycles. The van der Waals surface area contributed by atoms with Crippen molar-refractivity contribution in [3.8, 4) is 0 Å². The van der Waals surface area contributed by atoms with Crippen LogP contribution in [0.4, 0.5) is 0 Å². The van der Waals surface area contributed by atoms with Gasteiger partial charge in [-0.25, -0.2) is 8.42 Å². The zero-order chi connectivity index (χ0) is 13.8. The SMILES string of the molecule is CC(C)N(CCCO)C(=O)CC1CCS(=O)(=O)C1. The van der Waals surface area contributed by atoms with Crippen LogP contribution in [0.2, 0.25) is 0 Å². The summed E-state index contributed by atoms with van der Waals surface area (Å²) in [7, 11) is -2.91. The molecule has 1 N–H and O–H groups in total. The Bertz CT molecular complexity index is 378. The van der Waals surface area contributed by atoms with Gasteiger partial charge in [0.25, 0.3) is 0 Å². The van der Waals surface area contributed by atoms with E-state index in [2.05, 4.69) is 0 Å². The van der Waals surface area contributed by atoms with Crippen molar-refractivity contribution in [3.63, 3.8) is 0 Å². The molecule has 0 aliphatic carbocycles. The first kappa shape index (κ1) is 15.4. The largest absolute Gasteiger partial charge is 0.396 e. The number of amides is 1. The standard InChI is InChI=1S/C12H23NO4S/c1-10(2)13(5-3-6-14)12(15)8-11-4-7-18(16,17)9-11/h10-11,14H,3-9H2,1-2H3. The zero-order valence-corrected chi connectivity index (χ0v) is 11.9. The minimum atomic E-state index is -2.91. The summed E-state index contributed by atoms with van der Waals surface area (Å²) in [6.07, 6.45) is 1.47. The monoisotopic (exact) mass is 277 g/mol. The maximum absolute atomic E-state index is 12.1. The topological polar surface area (TPSA) is 74.7 Å². The van der Waals surface area contributed by atoms with E-state index in [0.29, 0.717) is 25.8 Å². The lowest BCUT2D eigenvalue weighted by Crippen LogP contribution is -2.39. The predicted molar refractivity (Wildman–Crippen MR) is 69.9 cm³/mol. The Morgan fingerprint density at radius 1 is 1.44 bits per heavy atom. The Kier molecular flexibility index (Phi) is 5.59. The average Bonchev–Trinajstić information content (AvgIpc) is 2.58. The summed E-state index contributed by atoms with van der Waals surface area (Å²) in [6.45, 7) is 4.46. The first-order valence-electron chi connectivity index (χ1n) is 6.46. The van der Waals surface area contributed by atoms with E-state index in [1.54, 1.807) is 4.90 Å². The Morgan fingerprint density at radius 2 is 2.11 bits per heavy atom. The highest BCUT2D eigenvalue weighted by atomic mass is 32.2. The summed E-state index contributed by atoms with van der Waals surface area (Å²) in [5, 5.41) is 8.81. The highest BCUT2D eigenvalue weighted by molar-refractivity contribution is 7.91. The van der Waals surface area contributed by atoms with Crippen LogP contribution in [0.1, 0.15) is 33.1 Å². The lowest BCUT2D eigenvalue weighted by Gasteiger charge is -2.27. The fourth-order valence-electron chi connectivity index (χ4n) is 2.31. The van der Waals surface area contributed by atoms with Gasteiger partial charge in [-0.15, -0.1) is 0 Å². The second kappa shape index (κ2) is 6.52. The molecule has 106 valence electrons. The van der Waals surface area contributed by atoms with Crippen molar-refractivity contribution < 1.29 is 18.3 Å². The molecule has 1 heterocycles. The number of nitrogens with zero attached hydrogens (tertiary/aromatic N) is 1. The molecular formula is C12H23NO4S. The molecular weight excluding hydrogens is 254 g/mol. The molecule has 1 rings (SSSR count). The van der Waals surface area contributed by atoms with Crippen LogP contribution in [0.3, 0.4) is 0 Å². The molecule has 1 aliphatic rings. The summed E-state index contributed by atoms with van der Waals surface area (Å²) in [6, 6.07) is 0.0852. The molecule has 0 bridgehead atoms. The molecule has 5 nitrogen and oxygen atoms in total. The smallest absolute Gasteiger partial charge is 0.223 e. The Balaban J connectivity index is 2.51. The van der Waals surface area contributed by atoms with E-state index in [0.717, 1.165) is 0 Å². The fourth-order valence-corrected chi connectivity index (χ4v) is 4.17. The summed E-state index contributed by atoms with van der Waals surface area (Å²) < 4.78 is 22.7. The van der Waals surface area contributed by atoms with Gasteiger partial charge in [0.1, 0.15) is 0 Å². The molecule has 1 fully saturated rings. The average molecular weight is 277 g/mol. The Hall–Kier alpha value is -0.620. The van der Waals surface area contributed by atoms with Crippen LogP contribution < -0.4 is 0 Å². The molecule has 0 aromatic carbocycles. The van der Waals surface area contributed by atoms with Gasteiger partial charge in [-0.1, -0.05) is 0 Å². The predicted octanol–water partition coefficient (Wildman–Crippen LogP) is 0.431. The van der Waals surface area contributed by atoms with Crippen molar-refractivity contribution in [2.45, 2.75) is 39.2 Å². The number of hydrogen-bond acceptors (Lipinski definition) is 4. The maximum Gasteiger partial charge on any atom is 0.223 e. The molecule has 0 radical (unpaired) electrons. The molecule has 0 saturated carbocycles. The van der Waals surface area contributed by atoms with Crippen molar-refractivity contribution in [1.82, 2.24) is 4.90 Å². The summed E-state index contributed by atoms with van der Waals surface area (Å²) in [5.41, 5.74) is 0. The first-order valence-corrected chi connectivity index (χ1v) is 8.28. The van der Waals surface area contributed by atoms with Crippen molar-refractivity contribution >= 4 is 15.7 Å². The van der Waals surface area contributed by atoms with E-state index in [1.165, 1.54) is 0 Å². The third-order valence-corrected chi connectivity index (χ3v) is 5.13. The van der Waals surface area contributed by atoms with Crippen LogP contribution in [0.15, 0.2) is 0 Å². The number of hydrogen-bond donors (Lipinski definition) is 1. The quantitative estimate of drug-likeness (QED) is 0.764. The first-order chi connectivity index (χ1) is 8.35. The molecule has 18 heavy (non-hydrogen) atoms. The lowest BCUT2D eigenvalue weighted by molar-refractivity contribution is -0.133. The number of rotatable bonds is 6. The number of aliphatic hydroxyl groups excluding tert-OH is 1. The van der Waals surface area contributed by atoms with E-state index in [9.17, 15) is 13.2 Å². The minimum Gasteiger partial charge on any atom is -0.396 e. The van der Waals surface area contributed by atoms with Crippen LogP contribution in [-0.4, -0.2) is 55.0 Å². The van der Waals surface area contributed by atoms with Gasteiger partial charge in [-0.2, -0.15) is 0 Å². The molecule has 6 heteroatoms. The van der Waals surface area contributed by atoms with E-state index in [4.69, 9.17) is 5.11 Å². The number of carbonyl (C=O) groups excluding carboxylic acids is 1. The second-order valence-corrected chi connectivity index (χ2v) is 7.46. The van der Waals surface area contributed by atoms with E-state index < -0.39 is 9.84 Å². The van der Waals surface area contributed by atoms with Crippen molar-refractivity contribution in [3.05, 3.63) is 0 Å². The van der Waals surface area contributed by atoms with E-state index >= 15 is 0 Å². The van der Waals surface area contributed by atoms with Crippen LogP contribution in [0.5, 0.6) is 0 Å². The van der Waals surface area contributed by atoms with Gasteiger partial charge in [0.05, 0.1) is 11.5 Å². The van der Waals surface area contributed by atoms with E-state index in [1.807, 2.05) is 13.8 Å². The van der Waals surface area contributed by atoms with Gasteiger partial charge < -0.3 is 10.0 Å². The van der Waals surface area contributed by atoms with Gasteiger partial charge in [0.15, 0.2) is 9.84 Å². The van der Waals surface area contributed by atoms with E-state index in [-0.39, 0.29) is 36.0 Å². The molecule has 1 saturated heterocycles. The molecule has 1 unspecified atom stereocenters. The zero-order valence-electron chi connectivity index (χ0n) is 11.1. The van der Waals surface area contributed by atoms with Crippen molar-refractivity contribution in [1.29, 1.82) is 0 Å². The number of sulfone groups is 1. The molecule has 1 aliphatic heterocycles. The van der Waals surface area contributed by atoms with Gasteiger partial charge in [-0.05, 0) is 32.6 Å². The molecule has 0 aromatic rings. The Morgan fingerprint density at radius 3 is 2.56 bits per heavy atom. The van der Waals surface area contributed by atoms with Crippen LogP contribution >= 0.6 is 0 Å². The highest BCUT2D eigenvalue weighted by Gasteiger charge is 2.31. The van der Waals surface area contributed by atoms with Crippen molar-refractivity contribution in [2.24, 2.45) is 5.92 Å². The maximum atomic E-state index is 12.1. The number of carbonyl (C=O) groups is 1. The van der Waals surface area contributed by atoms with Gasteiger partial charge in [0.2, 0.25) is 5.91 Å². The molecule has 1 atom stereocenters. The normalized spacial score (nSPS) is 22.3. The summed E-state index contributed by atoms with van der Waals surface area (Å²) >= 11 is 0. The highest BCUT2D eigenvalue weighted by Crippen LogP contribution is 2.22. The summed E-state index contributed by atoms with van der Waals surface area (Å²) in [4.78, 5) is 13.8. The van der Waals surface area contributed by atoms with Gasteiger partial charge in [-0.3, -0.25) is 4.79 Å². The lowest BCUT2D eigenvalue weighted by atomic mass is 10.0. The fraction of sp³-hybridized carbons (Fsp3) is 0.917. The van der Waals surface area contributed by atoms with Crippen LogP contribution in [0, 0.1) is 5.92 Å². The van der Waals surface area contributed by atoms with Crippen LogP contribution in [-0.2, 0) is 14.6 Å². The minimum absolute atomic E-state index is 0.000509. The molecule has 1 amide bonds. The summed E-state index contributed by atoms with van der Waals surface area (Å²) in [5.74, 6) is 0.326. The second-order valence-electron chi connectivity index (χ2n) is 5.23. The third kappa shape index (κ3) is 4.57. The number of aliphatic hydroxyl groups is 1. The third-order valence-electron chi connectivity index (χ3n) is 3.29. The van der Waals surface area contributed by atoms with Crippen LogP contribution in [0.25, 0.3) is 0 Å². The molecule has 0 spiro atoms. The van der Waals surface area contributed by atoms with Gasteiger partial charge in [0, 0.05) is 25.6 Å². The van der Waals surface area contributed by atoms with Gasteiger partial charge >= 0.3 is 0 Å². The Labute approximate surface area is 109 Å². The van der Waals surface area contributed by atoms with Crippen molar-refractivity contribution in [2.75, 3.05) is 24.7 Å².